The Morgan fingerprint density at radius 1 is 1.07 bits per heavy atom. The first-order valence-corrected chi connectivity index (χ1v) is 9.59. The van der Waals surface area contributed by atoms with Gasteiger partial charge in [-0.2, -0.15) is 0 Å². The van der Waals surface area contributed by atoms with Gasteiger partial charge in [-0.25, -0.2) is 0 Å². The fraction of sp³-hybridized carbons (Fsp3) is 0.391. The lowest BCUT2D eigenvalue weighted by molar-refractivity contribution is -0.153. The third kappa shape index (κ3) is 8.46. The van der Waals surface area contributed by atoms with Crippen molar-refractivity contribution in [3.05, 3.63) is 65.2 Å². The lowest BCUT2D eigenvalue weighted by atomic mass is 10.1. The zero-order valence-corrected chi connectivity index (χ0v) is 17.4. The monoisotopic (exact) mass is 399 g/mol. The first-order chi connectivity index (χ1) is 13.6. The van der Waals surface area contributed by atoms with E-state index >= 15 is 0 Å². The van der Waals surface area contributed by atoms with Crippen LogP contribution in [-0.2, 0) is 20.7 Å². The Kier molecular flexibility index (Phi) is 7.93. The largest absolute Gasteiger partial charge is 0.459 e. The molecule has 0 bridgehead atoms. The molecule has 156 valence electrons. The van der Waals surface area contributed by atoms with Gasteiger partial charge in [0.1, 0.15) is 11.4 Å². The van der Waals surface area contributed by atoms with Crippen LogP contribution in [0.2, 0.25) is 0 Å². The van der Waals surface area contributed by atoms with Crippen molar-refractivity contribution in [3.8, 4) is 5.75 Å². The highest BCUT2D eigenvalue weighted by Crippen LogP contribution is 2.18. The highest BCUT2D eigenvalue weighted by atomic mass is 16.6. The van der Waals surface area contributed by atoms with Crippen LogP contribution in [0, 0.1) is 6.92 Å². The van der Waals surface area contributed by atoms with Crippen molar-refractivity contribution < 1.29 is 24.2 Å². The molecular formula is C23H29NO5. The van der Waals surface area contributed by atoms with Crippen LogP contribution in [-0.4, -0.2) is 35.7 Å². The zero-order valence-electron chi connectivity index (χ0n) is 17.4. The molecule has 6 nitrogen and oxygen atoms in total. The van der Waals surface area contributed by atoms with Gasteiger partial charge in [0, 0.05) is 6.54 Å². The van der Waals surface area contributed by atoms with Crippen molar-refractivity contribution in [3.63, 3.8) is 0 Å². The summed E-state index contributed by atoms with van der Waals surface area (Å²) in [5, 5.41) is 13.1. The van der Waals surface area contributed by atoms with E-state index in [0.29, 0.717) is 11.3 Å². The molecule has 0 fully saturated rings. The molecule has 0 spiro atoms. The average molecular weight is 399 g/mol. The minimum atomic E-state index is -0.797. The molecule has 0 aliphatic rings. The van der Waals surface area contributed by atoms with Gasteiger partial charge in [-0.15, -0.1) is 0 Å². The zero-order chi connectivity index (χ0) is 21.4. The smallest absolute Gasteiger partial charge is 0.320 e. The van der Waals surface area contributed by atoms with Gasteiger partial charge in [-0.3, -0.25) is 9.59 Å². The first-order valence-electron chi connectivity index (χ1n) is 9.59. The lowest BCUT2D eigenvalue weighted by Crippen LogP contribution is -2.33. The van der Waals surface area contributed by atoms with Crippen LogP contribution in [0.15, 0.2) is 48.5 Å². The van der Waals surface area contributed by atoms with Crippen molar-refractivity contribution in [2.45, 2.75) is 45.8 Å². The Morgan fingerprint density at radius 3 is 2.38 bits per heavy atom. The molecule has 0 radical (unpaired) electrons. The molecule has 2 N–H and O–H groups in total. The van der Waals surface area contributed by atoms with Crippen LogP contribution in [0.1, 0.15) is 43.6 Å². The summed E-state index contributed by atoms with van der Waals surface area (Å²) >= 11 is 0. The molecule has 0 aliphatic heterocycles. The van der Waals surface area contributed by atoms with Crippen molar-refractivity contribution in [1.29, 1.82) is 0 Å². The van der Waals surface area contributed by atoms with Crippen molar-refractivity contribution in [2.24, 2.45) is 0 Å². The number of nitrogens with one attached hydrogen (secondary N) is 1. The molecule has 0 amide bonds. The van der Waals surface area contributed by atoms with Crippen LogP contribution in [0.5, 0.6) is 5.75 Å². The Hall–Kier alpha value is -2.70. The maximum atomic E-state index is 12.1. The summed E-state index contributed by atoms with van der Waals surface area (Å²) in [7, 11) is 0. The summed E-state index contributed by atoms with van der Waals surface area (Å²) in [5.74, 6) is -0.302. The third-order valence-electron chi connectivity index (χ3n) is 3.95. The molecule has 2 rings (SSSR count). The van der Waals surface area contributed by atoms with E-state index in [1.165, 1.54) is 0 Å². The maximum absolute atomic E-state index is 12.1. The van der Waals surface area contributed by atoms with E-state index in [2.05, 4.69) is 5.32 Å². The molecule has 0 saturated heterocycles. The molecule has 0 aliphatic carbocycles. The van der Waals surface area contributed by atoms with Gasteiger partial charge in [0.15, 0.2) is 0 Å². The van der Waals surface area contributed by atoms with Crippen molar-refractivity contribution >= 4 is 11.9 Å². The number of esters is 2. The summed E-state index contributed by atoms with van der Waals surface area (Å²) in [6.45, 7) is 7.59. The van der Waals surface area contributed by atoms with Gasteiger partial charge in [0.05, 0.1) is 19.1 Å². The number of carbonyl (C=O) groups excluding carboxylic acids is 2. The van der Waals surface area contributed by atoms with E-state index in [9.17, 15) is 14.7 Å². The van der Waals surface area contributed by atoms with Gasteiger partial charge in [0.25, 0.3) is 0 Å². The number of aryl methyl sites for hydroxylation is 1. The van der Waals surface area contributed by atoms with Crippen molar-refractivity contribution in [2.75, 3.05) is 13.1 Å². The number of hydrogen-bond donors (Lipinski definition) is 2. The first kappa shape index (κ1) is 22.6. The molecule has 29 heavy (non-hydrogen) atoms. The van der Waals surface area contributed by atoms with Crippen molar-refractivity contribution in [1.82, 2.24) is 5.32 Å². The number of hydrogen-bond acceptors (Lipinski definition) is 6. The molecule has 0 heterocycles. The predicted molar refractivity (Wildman–Crippen MR) is 111 cm³/mol. The standard InChI is InChI=1S/C23H29NO5/c1-16-6-5-7-17(12-16)13-21(26)28-19-10-8-18(9-11-19)20(25)14-24-15-22(27)29-23(2,3)4/h5-12,20,24-25H,13-15H2,1-4H3. The molecule has 2 aromatic rings. The van der Waals surface area contributed by atoms with Gasteiger partial charge in [0.2, 0.25) is 0 Å². The molecule has 2 aromatic carbocycles. The van der Waals surface area contributed by atoms with E-state index in [1.54, 1.807) is 45.0 Å². The topological polar surface area (TPSA) is 84.9 Å². The van der Waals surface area contributed by atoms with Gasteiger partial charge >= 0.3 is 11.9 Å². The van der Waals surface area contributed by atoms with E-state index in [4.69, 9.17) is 9.47 Å². The second-order valence-electron chi connectivity index (χ2n) is 7.94. The van der Waals surface area contributed by atoms with Crippen LogP contribution in [0.4, 0.5) is 0 Å². The number of aliphatic hydroxyl groups is 1. The number of aliphatic hydroxyl groups excluding tert-OH is 1. The number of carbonyl (C=O) groups is 2. The van der Waals surface area contributed by atoms with E-state index in [-0.39, 0.29) is 31.4 Å². The molecule has 1 unspecified atom stereocenters. The molecule has 0 saturated carbocycles. The van der Waals surface area contributed by atoms with Gasteiger partial charge in [-0.05, 0) is 51.0 Å². The van der Waals surface area contributed by atoms with Crippen LogP contribution < -0.4 is 10.1 Å². The maximum Gasteiger partial charge on any atom is 0.320 e. The van der Waals surface area contributed by atoms with Crippen LogP contribution >= 0.6 is 0 Å². The lowest BCUT2D eigenvalue weighted by Gasteiger charge is -2.20. The highest BCUT2D eigenvalue weighted by molar-refractivity contribution is 5.75. The fourth-order valence-electron chi connectivity index (χ4n) is 2.72. The summed E-state index contributed by atoms with van der Waals surface area (Å²) in [6.07, 6.45) is -0.602. The number of ether oxygens (including phenoxy) is 2. The fourth-order valence-corrected chi connectivity index (χ4v) is 2.72. The second kappa shape index (κ2) is 10.2. The summed E-state index contributed by atoms with van der Waals surface area (Å²) in [5.41, 5.74) is 2.11. The van der Waals surface area contributed by atoms with E-state index in [0.717, 1.165) is 11.1 Å². The predicted octanol–water partition coefficient (Wildman–Crippen LogP) is 3.11. The summed E-state index contributed by atoms with van der Waals surface area (Å²) < 4.78 is 10.5. The third-order valence-corrected chi connectivity index (χ3v) is 3.95. The Balaban J connectivity index is 1.79. The summed E-state index contributed by atoms with van der Waals surface area (Å²) in [6, 6.07) is 14.4. The van der Waals surface area contributed by atoms with E-state index in [1.807, 2.05) is 31.2 Å². The molecule has 6 heteroatoms. The quantitative estimate of drug-likeness (QED) is 0.524. The van der Waals surface area contributed by atoms with Crippen LogP contribution in [0.3, 0.4) is 0 Å². The Bertz CT molecular complexity index is 824. The van der Waals surface area contributed by atoms with E-state index < -0.39 is 11.7 Å². The van der Waals surface area contributed by atoms with Gasteiger partial charge in [-0.1, -0.05) is 42.0 Å². The highest BCUT2D eigenvalue weighted by Gasteiger charge is 2.16. The number of rotatable bonds is 8. The van der Waals surface area contributed by atoms with Crippen LogP contribution in [0.25, 0.3) is 0 Å². The Morgan fingerprint density at radius 2 is 1.76 bits per heavy atom. The number of benzene rings is 2. The average Bonchev–Trinajstić information content (AvgIpc) is 2.60. The normalized spacial score (nSPS) is 12.3. The van der Waals surface area contributed by atoms with Gasteiger partial charge < -0.3 is 19.9 Å². The molecule has 0 aromatic heterocycles. The second-order valence-corrected chi connectivity index (χ2v) is 7.94. The minimum absolute atomic E-state index is 0.0169. The minimum Gasteiger partial charge on any atom is -0.459 e. The Labute approximate surface area is 171 Å². The molecular weight excluding hydrogens is 370 g/mol. The summed E-state index contributed by atoms with van der Waals surface area (Å²) in [4.78, 5) is 23.7. The SMILES string of the molecule is Cc1cccc(CC(=O)Oc2ccc(C(O)CNCC(=O)OC(C)(C)C)cc2)c1. The molecule has 1 atom stereocenters.